The Labute approximate surface area is 196 Å². The first kappa shape index (κ1) is 23.8. The second kappa shape index (κ2) is 10.2. The zero-order valence-corrected chi connectivity index (χ0v) is 19.3. The number of halogens is 2. The third-order valence-corrected chi connectivity index (χ3v) is 5.88. The van der Waals surface area contributed by atoms with Gasteiger partial charge < -0.3 is 14.8 Å². The first-order valence-electron chi connectivity index (χ1n) is 10.1. The molecule has 1 N–H and O–H groups in total. The minimum absolute atomic E-state index is 0. The van der Waals surface area contributed by atoms with Gasteiger partial charge in [0.2, 0.25) is 5.95 Å². The van der Waals surface area contributed by atoms with Crippen molar-refractivity contribution in [1.82, 2.24) is 14.5 Å². The molecule has 0 saturated heterocycles. The van der Waals surface area contributed by atoms with E-state index in [1.807, 2.05) is 18.2 Å². The van der Waals surface area contributed by atoms with Gasteiger partial charge in [-0.1, -0.05) is 29.8 Å². The summed E-state index contributed by atoms with van der Waals surface area (Å²) in [6.07, 6.45) is 4.02. The van der Waals surface area contributed by atoms with Gasteiger partial charge in [0.15, 0.2) is 0 Å². The Bertz CT molecular complexity index is 1180. The molecule has 8 nitrogen and oxygen atoms in total. The van der Waals surface area contributed by atoms with E-state index < -0.39 is 6.16 Å². The van der Waals surface area contributed by atoms with E-state index in [0.717, 1.165) is 31.1 Å². The van der Waals surface area contributed by atoms with E-state index in [4.69, 9.17) is 16.3 Å². The third kappa shape index (κ3) is 4.97. The fourth-order valence-corrected chi connectivity index (χ4v) is 4.12. The van der Waals surface area contributed by atoms with E-state index in [1.165, 1.54) is 11.7 Å². The van der Waals surface area contributed by atoms with Crippen molar-refractivity contribution in [3.63, 3.8) is 0 Å². The molecule has 3 aromatic rings. The molecule has 4 rings (SSSR count). The molecule has 2 heterocycles. The molecule has 0 unspecified atom stereocenters. The summed E-state index contributed by atoms with van der Waals surface area (Å²) in [5.41, 5.74) is 1.56. The van der Waals surface area contributed by atoms with Crippen LogP contribution in [0.25, 0.3) is 22.2 Å². The Morgan fingerprint density at radius 3 is 2.59 bits per heavy atom. The minimum atomic E-state index is -0.647. The molecule has 1 fully saturated rings. The topological polar surface area (TPSA) is 95.3 Å². The average Bonchev–Trinajstić information content (AvgIpc) is 2.78. The number of rotatable bonds is 4. The molecule has 1 aliphatic rings. The predicted molar refractivity (Wildman–Crippen MR) is 126 cm³/mol. The van der Waals surface area contributed by atoms with Crippen molar-refractivity contribution in [3.05, 3.63) is 51.9 Å². The van der Waals surface area contributed by atoms with Crippen LogP contribution < -0.4 is 10.9 Å². The van der Waals surface area contributed by atoms with E-state index >= 15 is 0 Å². The highest BCUT2D eigenvalue weighted by Crippen LogP contribution is 2.28. The number of aromatic nitrogens is 3. The number of carbonyl (C=O) groups is 1. The van der Waals surface area contributed by atoms with Gasteiger partial charge in [-0.2, -0.15) is 4.98 Å². The lowest BCUT2D eigenvalue weighted by atomic mass is 9.93. The Hall–Kier alpha value is -2.84. The fraction of sp³-hybridized carbons (Fsp3) is 0.364. The number of ether oxygens (including phenoxy) is 2. The lowest BCUT2D eigenvalue weighted by Crippen LogP contribution is -2.31. The van der Waals surface area contributed by atoms with E-state index in [0.29, 0.717) is 27.7 Å². The zero-order chi connectivity index (χ0) is 22.0. The van der Waals surface area contributed by atoms with Gasteiger partial charge in [0.25, 0.3) is 5.56 Å². The Morgan fingerprint density at radius 1 is 1.19 bits per heavy atom. The number of carbonyl (C=O) groups excluding carboxylic acids is 1. The number of anilines is 1. The molecule has 0 bridgehead atoms. The lowest BCUT2D eigenvalue weighted by molar-refractivity contribution is 0.0218. The summed E-state index contributed by atoms with van der Waals surface area (Å²) in [5, 5.41) is 4.60. The zero-order valence-electron chi connectivity index (χ0n) is 17.7. The maximum atomic E-state index is 13.0. The summed E-state index contributed by atoms with van der Waals surface area (Å²) < 4.78 is 11.3. The molecule has 1 saturated carbocycles. The SMILES string of the molecule is COC(=O)OC1CCC(Nc2ncc3cc(-c4ccccc4Cl)c(=O)n(C)c3n2)CC1.Cl. The highest BCUT2D eigenvalue weighted by atomic mass is 35.5. The van der Waals surface area contributed by atoms with Gasteiger partial charge in [-0.25, -0.2) is 9.78 Å². The molecule has 0 spiro atoms. The largest absolute Gasteiger partial charge is 0.508 e. The average molecular weight is 479 g/mol. The number of fused-ring (bicyclic) bond motifs is 1. The molecule has 0 atom stereocenters. The highest BCUT2D eigenvalue weighted by molar-refractivity contribution is 6.33. The molecule has 0 radical (unpaired) electrons. The third-order valence-electron chi connectivity index (χ3n) is 5.55. The number of nitrogens with one attached hydrogen (secondary N) is 1. The van der Waals surface area contributed by atoms with Crippen molar-refractivity contribution in [1.29, 1.82) is 0 Å². The number of pyridine rings is 1. The molecule has 10 heteroatoms. The monoisotopic (exact) mass is 478 g/mol. The fourth-order valence-electron chi connectivity index (χ4n) is 3.88. The summed E-state index contributed by atoms with van der Waals surface area (Å²) in [7, 11) is 2.99. The first-order chi connectivity index (χ1) is 15.0. The number of hydrogen-bond donors (Lipinski definition) is 1. The summed E-state index contributed by atoms with van der Waals surface area (Å²) in [4.78, 5) is 33.2. The molecule has 170 valence electrons. The summed E-state index contributed by atoms with van der Waals surface area (Å²) >= 11 is 6.29. The van der Waals surface area contributed by atoms with Crippen LogP contribution in [0.2, 0.25) is 5.02 Å². The van der Waals surface area contributed by atoms with Gasteiger partial charge in [-0.05, 0) is 37.8 Å². The Morgan fingerprint density at radius 2 is 1.91 bits per heavy atom. The summed E-state index contributed by atoms with van der Waals surface area (Å²) in [6.45, 7) is 0. The standard InChI is InChI=1S/C22H23ClN4O4.ClH/c1-27-19-13(11-17(20(27)28)16-5-3-4-6-18(16)23)12-24-21(26-19)25-14-7-9-15(10-8-14)31-22(29)30-2;/h3-6,11-12,14-15H,7-10H2,1-2H3,(H,24,25,26);1H. The van der Waals surface area contributed by atoms with Crippen LogP contribution in [-0.4, -0.2) is 39.9 Å². The molecule has 2 aromatic heterocycles. The Kier molecular flexibility index (Phi) is 7.58. The van der Waals surface area contributed by atoms with Crippen LogP contribution in [0.4, 0.5) is 10.7 Å². The summed E-state index contributed by atoms with van der Waals surface area (Å²) in [5.74, 6) is 0.463. The first-order valence-corrected chi connectivity index (χ1v) is 10.5. The maximum absolute atomic E-state index is 13.0. The van der Waals surface area contributed by atoms with Crippen molar-refractivity contribution >= 4 is 47.1 Å². The summed E-state index contributed by atoms with van der Waals surface area (Å²) in [6, 6.07) is 9.19. The number of methoxy groups -OCH3 is 1. The van der Waals surface area contributed by atoms with Crippen molar-refractivity contribution < 1.29 is 14.3 Å². The minimum Gasteiger partial charge on any atom is -0.438 e. The maximum Gasteiger partial charge on any atom is 0.508 e. The van der Waals surface area contributed by atoms with Crippen LogP contribution in [0.1, 0.15) is 25.7 Å². The number of aryl methyl sites for hydroxylation is 1. The smallest absolute Gasteiger partial charge is 0.438 e. The van der Waals surface area contributed by atoms with Crippen LogP contribution in [0.3, 0.4) is 0 Å². The molecule has 1 aliphatic carbocycles. The molecule has 0 amide bonds. The van der Waals surface area contributed by atoms with Crippen molar-refractivity contribution in [2.75, 3.05) is 12.4 Å². The predicted octanol–water partition coefficient (Wildman–Crippen LogP) is 4.58. The van der Waals surface area contributed by atoms with E-state index in [1.54, 1.807) is 25.4 Å². The van der Waals surface area contributed by atoms with Crippen LogP contribution in [0.5, 0.6) is 0 Å². The second-order valence-corrected chi connectivity index (χ2v) is 7.97. The molecule has 1 aromatic carbocycles. The molecular formula is C22H24Cl2N4O4. The van der Waals surface area contributed by atoms with Crippen LogP contribution in [0.15, 0.2) is 41.3 Å². The molecular weight excluding hydrogens is 455 g/mol. The number of nitrogens with zero attached hydrogens (tertiary/aromatic N) is 3. The van der Waals surface area contributed by atoms with E-state index in [2.05, 4.69) is 20.0 Å². The van der Waals surface area contributed by atoms with Crippen LogP contribution in [-0.2, 0) is 16.5 Å². The molecule has 32 heavy (non-hydrogen) atoms. The van der Waals surface area contributed by atoms with E-state index in [-0.39, 0.29) is 30.1 Å². The number of benzene rings is 1. The van der Waals surface area contributed by atoms with E-state index in [9.17, 15) is 9.59 Å². The van der Waals surface area contributed by atoms with Crippen molar-refractivity contribution in [2.45, 2.75) is 37.8 Å². The van der Waals surface area contributed by atoms with Crippen molar-refractivity contribution in [2.24, 2.45) is 7.05 Å². The van der Waals surface area contributed by atoms with Gasteiger partial charge in [-0.15, -0.1) is 12.4 Å². The highest BCUT2D eigenvalue weighted by Gasteiger charge is 2.25. The van der Waals surface area contributed by atoms with Gasteiger partial charge in [-0.3, -0.25) is 9.36 Å². The quantitative estimate of drug-likeness (QED) is 0.548. The second-order valence-electron chi connectivity index (χ2n) is 7.56. The Balaban J connectivity index is 0.00000289. The number of hydrogen-bond acceptors (Lipinski definition) is 7. The van der Waals surface area contributed by atoms with Gasteiger partial charge in [0.05, 0.1) is 7.11 Å². The van der Waals surface area contributed by atoms with Gasteiger partial charge >= 0.3 is 6.16 Å². The van der Waals surface area contributed by atoms with Gasteiger partial charge in [0.1, 0.15) is 11.8 Å². The van der Waals surface area contributed by atoms with Gasteiger partial charge in [0, 0.05) is 40.8 Å². The molecule has 0 aliphatic heterocycles. The van der Waals surface area contributed by atoms with Crippen LogP contribution in [0, 0.1) is 0 Å². The lowest BCUT2D eigenvalue weighted by Gasteiger charge is -2.28. The van der Waals surface area contributed by atoms with Crippen LogP contribution >= 0.6 is 24.0 Å². The van der Waals surface area contributed by atoms with Crippen molar-refractivity contribution in [3.8, 4) is 11.1 Å². The normalized spacial score (nSPS) is 18.0.